The summed E-state index contributed by atoms with van der Waals surface area (Å²) in [5.41, 5.74) is 0.0350. The number of para-hydroxylation sites is 2. The maximum Gasteiger partial charge on any atom is 0.325 e. The summed E-state index contributed by atoms with van der Waals surface area (Å²) in [6.45, 7) is 0.990. The maximum absolute atomic E-state index is 13.3. The van der Waals surface area contributed by atoms with Gasteiger partial charge in [0.2, 0.25) is 11.8 Å². The van der Waals surface area contributed by atoms with E-state index in [1.807, 2.05) is 0 Å². The molecule has 0 spiro atoms. The van der Waals surface area contributed by atoms with E-state index in [2.05, 4.69) is 10.6 Å². The average Bonchev–Trinajstić information content (AvgIpc) is 2.98. The van der Waals surface area contributed by atoms with Gasteiger partial charge < -0.3 is 10.6 Å². The highest BCUT2D eigenvalue weighted by atomic mass is 19.1. The summed E-state index contributed by atoms with van der Waals surface area (Å²) < 4.78 is 13.3. The number of amides is 5. The van der Waals surface area contributed by atoms with Crippen LogP contribution in [0.5, 0.6) is 0 Å². The van der Waals surface area contributed by atoms with Crippen LogP contribution in [-0.4, -0.2) is 41.7 Å². The minimum atomic E-state index is -1.37. The number of halogens is 1. The second kappa shape index (κ2) is 7.25. The highest BCUT2D eigenvalue weighted by molar-refractivity contribution is 6.14. The molecule has 2 aliphatic rings. The number of rotatable bonds is 4. The fourth-order valence-electron chi connectivity index (χ4n) is 3.82. The molecule has 154 valence electrons. The van der Waals surface area contributed by atoms with Crippen molar-refractivity contribution in [3.8, 4) is 0 Å². The molecular weight excluding hydrogens is 391 g/mol. The summed E-state index contributed by atoms with van der Waals surface area (Å²) in [4.78, 5) is 52.8. The normalized spacial score (nSPS) is 20.7. The van der Waals surface area contributed by atoms with Gasteiger partial charge in [0.15, 0.2) is 0 Å². The number of carbonyl (C=O) groups excluding carboxylic acids is 4. The lowest BCUT2D eigenvalue weighted by Gasteiger charge is -2.30. The molecule has 1 saturated heterocycles. The second-order valence-corrected chi connectivity index (χ2v) is 7.13. The highest BCUT2D eigenvalue weighted by Crippen LogP contribution is 2.33. The molecule has 0 aromatic heterocycles. The summed E-state index contributed by atoms with van der Waals surface area (Å²) in [5, 5.41) is 5.33. The van der Waals surface area contributed by atoms with Gasteiger partial charge in [-0.3, -0.25) is 24.2 Å². The third kappa shape index (κ3) is 3.08. The fraction of sp³-hybridized carbons (Fsp3) is 0.238. The minimum absolute atomic E-state index is 0.212. The molecule has 2 aromatic carbocycles. The number of urea groups is 1. The number of carbonyl (C=O) groups is 4. The van der Waals surface area contributed by atoms with Gasteiger partial charge in [-0.05, 0) is 36.2 Å². The van der Waals surface area contributed by atoms with Gasteiger partial charge in [-0.1, -0.05) is 31.2 Å². The molecule has 1 atom stereocenters. The van der Waals surface area contributed by atoms with Crippen LogP contribution in [0.1, 0.15) is 18.9 Å². The summed E-state index contributed by atoms with van der Waals surface area (Å²) in [5.74, 6) is -1.99. The zero-order chi connectivity index (χ0) is 21.5. The summed E-state index contributed by atoms with van der Waals surface area (Å²) in [6, 6.07) is 11.4. The average molecular weight is 410 g/mol. The molecule has 0 saturated carbocycles. The van der Waals surface area contributed by atoms with Crippen LogP contribution in [0.25, 0.3) is 0 Å². The number of nitrogens with zero attached hydrogens (tertiary/aromatic N) is 2. The molecule has 5 amide bonds. The molecule has 30 heavy (non-hydrogen) atoms. The largest absolute Gasteiger partial charge is 0.325 e. The lowest BCUT2D eigenvalue weighted by molar-refractivity contribution is -0.134. The van der Waals surface area contributed by atoms with Crippen molar-refractivity contribution in [2.45, 2.75) is 18.9 Å². The first-order chi connectivity index (χ1) is 14.4. The predicted octanol–water partition coefficient (Wildman–Crippen LogP) is 1.97. The van der Waals surface area contributed by atoms with Gasteiger partial charge in [0.25, 0.3) is 5.91 Å². The van der Waals surface area contributed by atoms with Gasteiger partial charge in [-0.15, -0.1) is 0 Å². The Morgan fingerprint density at radius 3 is 2.50 bits per heavy atom. The summed E-state index contributed by atoms with van der Waals surface area (Å²) in [7, 11) is 0. The smallest absolute Gasteiger partial charge is 0.323 e. The molecule has 1 fully saturated rings. The van der Waals surface area contributed by atoms with Crippen molar-refractivity contribution in [3.63, 3.8) is 0 Å². The molecule has 9 heteroatoms. The Hall–Kier alpha value is -3.75. The van der Waals surface area contributed by atoms with Crippen molar-refractivity contribution in [2.24, 2.45) is 0 Å². The Kier molecular flexibility index (Phi) is 4.73. The predicted molar refractivity (Wildman–Crippen MR) is 106 cm³/mol. The van der Waals surface area contributed by atoms with Crippen molar-refractivity contribution in [2.75, 3.05) is 23.3 Å². The van der Waals surface area contributed by atoms with Crippen molar-refractivity contribution in [3.05, 3.63) is 59.9 Å². The quantitative estimate of drug-likeness (QED) is 0.753. The van der Waals surface area contributed by atoms with E-state index < -0.39 is 35.7 Å². The Morgan fingerprint density at radius 2 is 1.80 bits per heavy atom. The van der Waals surface area contributed by atoms with E-state index in [4.69, 9.17) is 0 Å². The first-order valence-electron chi connectivity index (χ1n) is 9.45. The molecule has 0 unspecified atom stereocenters. The van der Waals surface area contributed by atoms with Crippen LogP contribution < -0.4 is 15.5 Å². The summed E-state index contributed by atoms with van der Waals surface area (Å²) >= 11 is 0. The lowest BCUT2D eigenvalue weighted by Crippen LogP contribution is -2.48. The van der Waals surface area contributed by atoms with Crippen LogP contribution in [0.2, 0.25) is 0 Å². The Morgan fingerprint density at radius 1 is 1.10 bits per heavy atom. The molecule has 2 heterocycles. The van der Waals surface area contributed by atoms with Crippen LogP contribution in [0.4, 0.5) is 20.6 Å². The molecule has 2 aromatic rings. The standard InChI is InChI=1S/C21H19FN4O4/c1-2-21(13-7-9-14(22)10-8-13)19(29)26(20(30)24-21)12-18(28)25-11-17(27)23-15-5-3-4-6-16(15)25/h3-10H,2,11-12H2,1H3,(H,23,27)(H,24,30)/t21-/m0/s1. The molecule has 0 bridgehead atoms. The third-order valence-electron chi connectivity index (χ3n) is 5.41. The van der Waals surface area contributed by atoms with Crippen LogP contribution in [0, 0.1) is 5.82 Å². The van der Waals surface area contributed by atoms with E-state index in [9.17, 15) is 23.6 Å². The van der Waals surface area contributed by atoms with E-state index in [0.29, 0.717) is 16.9 Å². The fourth-order valence-corrected chi connectivity index (χ4v) is 3.82. The zero-order valence-electron chi connectivity index (χ0n) is 16.1. The van der Waals surface area contributed by atoms with Gasteiger partial charge in [-0.2, -0.15) is 0 Å². The summed E-state index contributed by atoms with van der Waals surface area (Å²) in [6.07, 6.45) is 0.225. The number of hydrogen-bond donors (Lipinski definition) is 2. The van der Waals surface area contributed by atoms with Gasteiger partial charge in [0.05, 0.1) is 11.4 Å². The van der Waals surface area contributed by atoms with Gasteiger partial charge in [0.1, 0.15) is 24.4 Å². The number of nitrogens with one attached hydrogen (secondary N) is 2. The van der Waals surface area contributed by atoms with E-state index in [1.165, 1.54) is 29.2 Å². The van der Waals surface area contributed by atoms with Gasteiger partial charge in [-0.25, -0.2) is 9.18 Å². The molecule has 0 radical (unpaired) electrons. The van der Waals surface area contributed by atoms with Crippen molar-refractivity contribution in [1.82, 2.24) is 10.2 Å². The number of fused-ring (bicyclic) bond motifs is 1. The first-order valence-corrected chi connectivity index (χ1v) is 9.45. The van der Waals surface area contributed by atoms with E-state index in [1.54, 1.807) is 31.2 Å². The number of anilines is 2. The third-order valence-corrected chi connectivity index (χ3v) is 5.41. The molecule has 8 nitrogen and oxygen atoms in total. The molecule has 4 rings (SSSR count). The van der Waals surface area contributed by atoms with Crippen molar-refractivity contribution >= 4 is 35.1 Å². The van der Waals surface area contributed by atoms with Crippen molar-refractivity contribution in [1.29, 1.82) is 0 Å². The van der Waals surface area contributed by atoms with Crippen LogP contribution in [0.15, 0.2) is 48.5 Å². The van der Waals surface area contributed by atoms with E-state index in [0.717, 1.165) is 4.90 Å². The molecule has 2 aliphatic heterocycles. The first kappa shape index (κ1) is 19.6. The zero-order valence-corrected chi connectivity index (χ0v) is 16.1. The second-order valence-electron chi connectivity index (χ2n) is 7.13. The van der Waals surface area contributed by atoms with Crippen molar-refractivity contribution < 1.29 is 23.6 Å². The highest BCUT2D eigenvalue weighted by Gasteiger charge is 2.52. The number of imide groups is 1. The maximum atomic E-state index is 13.3. The van der Waals surface area contributed by atoms with Crippen LogP contribution in [-0.2, 0) is 19.9 Å². The SMILES string of the molecule is CC[C@@]1(c2ccc(F)cc2)NC(=O)N(CC(=O)N2CC(=O)Nc3ccccc32)C1=O. The topological polar surface area (TPSA) is 98.8 Å². The molecule has 2 N–H and O–H groups in total. The van der Waals surface area contributed by atoms with Gasteiger partial charge >= 0.3 is 6.03 Å². The Balaban J connectivity index is 1.60. The minimum Gasteiger partial charge on any atom is -0.323 e. The molecule has 0 aliphatic carbocycles. The monoisotopic (exact) mass is 410 g/mol. The number of benzene rings is 2. The number of hydrogen-bond acceptors (Lipinski definition) is 4. The van der Waals surface area contributed by atoms with Crippen LogP contribution >= 0.6 is 0 Å². The van der Waals surface area contributed by atoms with Crippen LogP contribution in [0.3, 0.4) is 0 Å². The van der Waals surface area contributed by atoms with Gasteiger partial charge in [0, 0.05) is 0 Å². The lowest BCUT2D eigenvalue weighted by atomic mass is 9.87. The molecular formula is C21H19FN4O4. The Bertz CT molecular complexity index is 1060. The Labute approximate surface area is 171 Å². The van der Waals surface area contributed by atoms with E-state index in [-0.39, 0.29) is 18.9 Å². The van der Waals surface area contributed by atoms with E-state index >= 15 is 0 Å².